The zero-order chi connectivity index (χ0) is 15.5. The van der Waals surface area contributed by atoms with E-state index in [1.807, 2.05) is 0 Å². The van der Waals surface area contributed by atoms with Crippen LogP contribution in [0.2, 0.25) is 10.0 Å². The summed E-state index contributed by atoms with van der Waals surface area (Å²) in [7, 11) is 0. The first-order chi connectivity index (χ1) is 8.98. The van der Waals surface area contributed by atoms with Crippen LogP contribution in [0.25, 0.3) is 0 Å². The smallest absolute Gasteiger partial charge is 0.166 e. The van der Waals surface area contributed by atoms with E-state index >= 15 is 0 Å². The van der Waals surface area contributed by atoms with Crippen LogP contribution in [0.15, 0.2) is 24.3 Å². The summed E-state index contributed by atoms with van der Waals surface area (Å²) in [5.41, 5.74) is 0.0301. The van der Waals surface area contributed by atoms with Gasteiger partial charge in [-0.25, -0.2) is 0 Å². The van der Waals surface area contributed by atoms with Gasteiger partial charge < -0.3 is 0 Å². The second kappa shape index (κ2) is 4.98. The highest BCUT2D eigenvalue weighted by Gasteiger charge is 2.64. The monoisotopic (exact) mass is 362 g/mol. The molecule has 0 N–H and O–H groups in total. The Morgan fingerprint density at radius 1 is 1.25 bits per heavy atom. The third-order valence-corrected chi connectivity index (χ3v) is 5.04. The molecule has 0 nitrogen and oxygen atoms in total. The predicted molar refractivity (Wildman–Crippen MR) is 76.9 cm³/mol. The zero-order valence-corrected chi connectivity index (χ0v) is 13.2. The minimum atomic E-state index is -4.59. The van der Waals surface area contributed by atoms with E-state index in [0.29, 0.717) is 11.1 Å². The van der Waals surface area contributed by atoms with Gasteiger partial charge in [0.25, 0.3) is 0 Å². The van der Waals surface area contributed by atoms with E-state index in [2.05, 4.69) is 6.58 Å². The summed E-state index contributed by atoms with van der Waals surface area (Å²) in [4.78, 5) is 0. The summed E-state index contributed by atoms with van der Waals surface area (Å²) in [5, 5.41) is -0.696. The standard InChI is InChI=1S/C13H9Cl4F3/c1-5(2)9-10(12(9,16)17)6-3-7(13(18,19)20)11(15)8(14)4-6/h3-4,9-10H,1H2,2H3. The highest BCUT2D eigenvalue weighted by molar-refractivity contribution is 6.52. The molecule has 7 heteroatoms. The van der Waals surface area contributed by atoms with Crippen molar-refractivity contribution in [2.75, 3.05) is 0 Å². The fraction of sp³-hybridized carbons (Fsp3) is 0.385. The van der Waals surface area contributed by atoms with Gasteiger partial charge in [-0.05, 0) is 24.6 Å². The number of rotatable bonds is 2. The molecule has 2 rings (SSSR count). The van der Waals surface area contributed by atoms with Crippen LogP contribution in [0.1, 0.15) is 24.0 Å². The maximum Gasteiger partial charge on any atom is 0.417 e. The van der Waals surface area contributed by atoms with Gasteiger partial charge in [0.2, 0.25) is 0 Å². The third-order valence-electron chi connectivity index (χ3n) is 3.30. The van der Waals surface area contributed by atoms with E-state index in [0.717, 1.165) is 6.07 Å². The van der Waals surface area contributed by atoms with E-state index in [1.54, 1.807) is 6.92 Å². The highest BCUT2D eigenvalue weighted by Crippen LogP contribution is 2.67. The Kier molecular flexibility index (Phi) is 4.05. The van der Waals surface area contributed by atoms with Gasteiger partial charge in [0.1, 0.15) is 4.33 Å². The van der Waals surface area contributed by atoms with E-state index in [-0.39, 0.29) is 10.9 Å². The highest BCUT2D eigenvalue weighted by atomic mass is 35.5. The molecular formula is C13H9Cl4F3. The lowest BCUT2D eigenvalue weighted by molar-refractivity contribution is -0.137. The van der Waals surface area contributed by atoms with Crippen LogP contribution in [-0.4, -0.2) is 4.33 Å². The molecule has 1 saturated carbocycles. The lowest BCUT2D eigenvalue weighted by Gasteiger charge is -2.12. The molecule has 1 aromatic rings. The Balaban J connectivity index is 2.51. The topological polar surface area (TPSA) is 0 Å². The van der Waals surface area contributed by atoms with Gasteiger partial charge in [-0.2, -0.15) is 13.2 Å². The largest absolute Gasteiger partial charge is 0.417 e. The maximum atomic E-state index is 12.9. The van der Waals surface area contributed by atoms with Crippen molar-refractivity contribution in [2.24, 2.45) is 5.92 Å². The molecule has 0 aromatic heterocycles. The number of alkyl halides is 5. The number of benzene rings is 1. The quantitative estimate of drug-likeness (QED) is 0.417. The molecule has 1 aliphatic rings. The minimum Gasteiger partial charge on any atom is -0.166 e. The molecule has 0 aliphatic heterocycles. The molecular weight excluding hydrogens is 355 g/mol. The van der Waals surface area contributed by atoms with Gasteiger partial charge in [0, 0.05) is 11.8 Å². The Bertz CT molecular complexity index is 578. The molecule has 20 heavy (non-hydrogen) atoms. The second-order valence-electron chi connectivity index (χ2n) is 4.84. The second-order valence-corrected chi connectivity index (χ2v) is 7.07. The summed E-state index contributed by atoms with van der Waals surface area (Å²) in [6, 6.07) is 2.31. The molecule has 110 valence electrons. The molecule has 0 heterocycles. The average Bonchev–Trinajstić information content (AvgIpc) is 2.84. The molecule has 0 spiro atoms. The van der Waals surface area contributed by atoms with E-state index < -0.39 is 27.0 Å². The van der Waals surface area contributed by atoms with Crippen LogP contribution in [0.5, 0.6) is 0 Å². The van der Waals surface area contributed by atoms with Gasteiger partial charge in [0.05, 0.1) is 15.6 Å². The van der Waals surface area contributed by atoms with Gasteiger partial charge in [-0.1, -0.05) is 35.4 Å². The Labute approximate surface area is 134 Å². The van der Waals surface area contributed by atoms with Crippen molar-refractivity contribution < 1.29 is 13.2 Å². The van der Waals surface area contributed by atoms with Gasteiger partial charge in [0.15, 0.2) is 0 Å². The van der Waals surface area contributed by atoms with Crippen molar-refractivity contribution >= 4 is 46.4 Å². The number of hydrogen-bond donors (Lipinski definition) is 0. The number of halogens is 7. The molecule has 1 aliphatic carbocycles. The molecule has 2 atom stereocenters. The Morgan fingerprint density at radius 3 is 2.20 bits per heavy atom. The summed E-state index contributed by atoms with van der Waals surface area (Å²) in [5.74, 6) is -0.775. The van der Waals surface area contributed by atoms with Crippen LogP contribution < -0.4 is 0 Å². The lowest BCUT2D eigenvalue weighted by atomic mass is 10.0. The first kappa shape index (κ1) is 16.3. The third kappa shape index (κ3) is 2.66. The molecule has 1 fully saturated rings. The first-order valence-electron chi connectivity index (χ1n) is 5.57. The summed E-state index contributed by atoms with van der Waals surface area (Å²) < 4.78 is 37.6. The zero-order valence-electron chi connectivity index (χ0n) is 10.2. The Morgan fingerprint density at radius 2 is 1.80 bits per heavy atom. The van der Waals surface area contributed by atoms with E-state index in [9.17, 15) is 13.2 Å². The van der Waals surface area contributed by atoms with Crippen molar-refractivity contribution in [1.29, 1.82) is 0 Å². The average molecular weight is 364 g/mol. The van der Waals surface area contributed by atoms with Crippen molar-refractivity contribution in [3.8, 4) is 0 Å². The van der Waals surface area contributed by atoms with Crippen molar-refractivity contribution in [2.45, 2.75) is 23.4 Å². The molecule has 0 amide bonds. The van der Waals surface area contributed by atoms with Crippen LogP contribution in [0, 0.1) is 5.92 Å². The first-order valence-corrected chi connectivity index (χ1v) is 7.08. The Hall–Kier alpha value is -0.0900. The van der Waals surface area contributed by atoms with Crippen molar-refractivity contribution in [1.82, 2.24) is 0 Å². The SMILES string of the molecule is C=C(C)C1C(c2cc(Cl)c(Cl)c(C(F)(F)F)c2)C1(Cl)Cl. The van der Waals surface area contributed by atoms with Crippen molar-refractivity contribution in [3.05, 3.63) is 45.5 Å². The number of hydrogen-bond acceptors (Lipinski definition) is 0. The maximum absolute atomic E-state index is 12.9. The summed E-state index contributed by atoms with van der Waals surface area (Å²) >= 11 is 23.6. The van der Waals surface area contributed by atoms with Gasteiger partial charge in [-0.15, -0.1) is 23.2 Å². The van der Waals surface area contributed by atoms with Crippen LogP contribution in [0.4, 0.5) is 13.2 Å². The predicted octanol–water partition coefficient (Wildman–Crippen LogP) is 6.48. The number of allylic oxidation sites excluding steroid dienone is 1. The lowest BCUT2D eigenvalue weighted by Crippen LogP contribution is -2.07. The van der Waals surface area contributed by atoms with Crippen LogP contribution in [0.3, 0.4) is 0 Å². The van der Waals surface area contributed by atoms with E-state index in [1.165, 1.54) is 6.07 Å². The van der Waals surface area contributed by atoms with Crippen molar-refractivity contribution in [3.63, 3.8) is 0 Å². The van der Waals surface area contributed by atoms with Crippen LogP contribution >= 0.6 is 46.4 Å². The van der Waals surface area contributed by atoms with Gasteiger partial charge >= 0.3 is 6.18 Å². The normalized spacial score (nSPS) is 24.6. The fourth-order valence-corrected chi connectivity index (χ4v) is 3.80. The molecule has 0 radical (unpaired) electrons. The molecule has 1 aromatic carbocycles. The summed E-state index contributed by atoms with van der Waals surface area (Å²) in [6.07, 6.45) is -4.59. The molecule has 2 unspecified atom stereocenters. The molecule has 0 saturated heterocycles. The molecule has 0 bridgehead atoms. The van der Waals surface area contributed by atoms with Crippen LogP contribution in [-0.2, 0) is 6.18 Å². The summed E-state index contributed by atoms with van der Waals surface area (Å²) in [6.45, 7) is 5.48. The van der Waals surface area contributed by atoms with Gasteiger partial charge in [-0.3, -0.25) is 0 Å². The minimum absolute atomic E-state index is 0.173. The fourth-order valence-electron chi connectivity index (χ4n) is 2.35. The van der Waals surface area contributed by atoms with E-state index in [4.69, 9.17) is 46.4 Å².